The third-order valence-corrected chi connectivity index (χ3v) is 4.57. The largest absolute Gasteiger partial charge is 0.313 e. The molecule has 0 radical (unpaired) electrons. The van der Waals surface area contributed by atoms with Crippen LogP contribution in [0.15, 0.2) is 0 Å². The van der Waals surface area contributed by atoms with Crippen LogP contribution in [-0.4, -0.2) is 69.2 Å². The van der Waals surface area contributed by atoms with Crippen LogP contribution in [0.3, 0.4) is 0 Å². The summed E-state index contributed by atoms with van der Waals surface area (Å²) < 4.78 is 24.3. The Morgan fingerprint density at radius 3 is 2.18 bits per heavy atom. The molecule has 5 nitrogen and oxygen atoms in total. The van der Waals surface area contributed by atoms with Gasteiger partial charge in [-0.3, -0.25) is 4.90 Å². The first-order valence-corrected chi connectivity index (χ1v) is 8.23. The van der Waals surface area contributed by atoms with Crippen LogP contribution in [-0.2, 0) is 10.0 Å². The monoisotopic (exact) mass is 263 g/mol. The fraction of sp³-hybridized carbons (Fsp3) is 1.00. The third kappa shape index (κ3) is 4.91. The summed E-state index contributed by atoms with van der Waals surface area (Å²) in [6.45, 7) is 9.24. The third-order valence-electron chi connectivity index (χ3n) is 3.26. The van der Waals surface area contributed by atoms with Gasteiger partial charge in [-0.1, -0.05) is 13.8 Å². The number of sulfonamides is 1. The number of nitrogens with one attached hydrogen (secondary N) is 1. The average Bonchev–Trinajstić information content (AvgIpc) is 2.28. The maximum Gasteiger partial charge on any atom is 0.211 e. The second kappa shape index (κ2) is 6.68. The van der Waals surface area contributed by atoms with Crippen LogP contribution in [0, 0.1) is 0 Å². The van der Waals surface area contributed by atoms with Crippen LogP contribution in [0.2, 0.25) is 0 Å². The molecular weight excluding hydrogens is 238 g/mol. The van der Waals surface area contributed by atoms with E-state index in [1.807, 2.05) is 0 Å². The summed E-state index contributed by atoms with van der Waals surface area (Å²) in [5, 5.41) is 3.45. The lowest BCUT2D eigenvalue weighted by Crippen LogP contribution is -2.51. The highest BCUT2D eigenvalue weighted by Gasteiger charge is 2.24. The molecule has 1 N–H and O–H groups in total. The summed E-state index contributed by atoms with van der Waals surface area (Å²) in [5.74, 6) is 0. The van der Waals surface area contributed by atoms with Crippen molar-refractivity contribution in [3.63, 3.8) is 0 Å². The van der Waals surface area contributed by atoms with Crippen molar-refractivity contribution in [2.75, 3.05) is 45.5 Å². The van der Waals surface area contributed by atoms with Crippen molar-refractivity contribution < 1.29 is 8.42 Å². The van der Waals surface area contributed by atoms with Crippen LogP contribution < -0.4 is 5.32 Å². The van der Waals surface area contributed by atoms with Crippen molar-refractivity contribution in [2.24, 2.45) is 0 Å². The summed E-state index contributed by atoms with van der Waals surface area (Å²) in [6, 6.07) is 0.518. The first-order valence-electron chi connectivity index (χ1n) is 6.38. The van der Waals surface area contributed by atoms with E-state index in [1.165, 1.54) is 6.26 Å². The van der Waals surface area contributed by atoms with Crippen molar-refractivity contribution >= 4 is 10.0 Å². The van der Waals surface area contributed by atoms with E-state index in [4.69, 9.17) is 0 Å². The standard InChI is InChI=1S/C11H25N3O2S/c1-4-11(12-5-2)10-13-6-8-14(9-7-13)17(3,15)16/h11-12H,4-10H2,1-3H3. The molecule has 1 aliphatic heterocycles. The van der Waals surface area contributed by atoms with Crippen LogP contribution in [0.1, 0.15) is 20.3 Å². The van der Waals surface area contributed by atoms with Crippen LogP contribution in [0.25, 0.3) is 0 Å². The van der Waals surface area contributed by atoms with Gasteiger partial charge in [0, 0.05) is 38.8 Å². The van der Waals surface area contributed by atoms with Crippen molar-refractivity contribution in [3.05, 3.63) is 0 Å². The smallest absolute Gasteiger partial charge is 0.211 e. The van der Waals surface area contributed by atoms with Crippen molar-refractivity contribution in [3.8, 4) is 0 Å². The van der Waals surface area contributed by atoms with Crippen LogP contribution in [0.5, 0.6) is 0 Å². The molecule has 0 bridgehead atoms. The number of piperazine rings is 1. The zero-order valence-electron chi connectivity index (χ0n) is 11.1. The molecule has 102 valence electrons. The molecule has 0 aromatic rings. The highest BCUT2D eigenvalue weighted by Crippen LogP contribution is 2.07. The number of hydrogen-bond acceptors (Lipinski definition) is 4. The minimum absolute atomic E-state index is 0.518. The molecule has 0 aliphatic carbocycles. The Morgan fingerprint density at radius 1 is 1.18 bits per heavy atom. The molecule has 1 rings (SSSR count). The normalized spacial score (nSPS) is 21.6. The second-order valence-corrected chi connectivity index (χ2v) is 6.61. The zero-order valence-corrected chi connectivity index (χ0v) is 12.0. The van der Waals surface area contributed by atoms with Gasteiger partial charge in [0.05, 0.1) is 6.26 Å². The van der Waals surface area contributed by atoms with Gasteiger partial charge in [0.15, 0.2) is 0 Å². The molecule has 0 aromatic heterocycles. The van der Waals surface area contributed by atoms with Gasteiger partial charge < -0.3 is 5.32 Å². The summed E-state index contributed by atoms with van der Waals surface area (Å²) in [4.78, 5) is 2.35. The number of rotatable bonds is 6. The number of likely N-dealkylation sites (N-methyl/N-ethyl adjacent to an activating group) is 1. The molecule has 17 heavy (non-hydrogen) atoms. The molecular formula is C11H25N3O2S. The first-order chi connectivity index (χ1) is 7.97. The molecule has 1 atom stereocenters. The lowest BCUT2D eigenvalue weighted by Gasteiger charge is -2.35. The van der Waals surface area contributed by atoms with Gasteiger partial charge in [-0.05, 0) is 13.0 Å². The summed E-state index contributed by atoms with van der Waals surface area (Å²) in [6.07, 6.45) is 2.40. The Balaban J connectivity index is 2.36. The molecule has 0 amide bonds. The Kier molecular flexibility index (Phi) is 5.85. The molecule has 0 saturated carbocycles. The van der Waals surface area contributed by atoms with Crippen molar-refractivity contribution in [2.45, 2.75) is 26.3 Å². The molecule has 1 heterocycles. The molecule has 1 aliphatic rings. The Morgan fingerprint density at radius 2 is 1.76 bits per heavy atom. The number of nitrogens with zero attached hydrogens (tertiary/aromatic N) is 2. The van der Waals surface area contributed by atoms with E-state index in [1.54, 1.807) is 4.31 Å². The summed E-state index contributed by atoms with van der Waals surface area (Å²) >= 11 is 0. The molecule has 0 aromatic carbocycles. The maximum absolute atomic E-state index is 11.4. The Labute approximate surface area is 105 Å². The summed E-state index contributed by atoms with van der Waals surface area (Å²) in [7, 11) is -3.00. The number of hydrogen-bond donors (Lipinski definition) is 1. The van der Waals surface area contributed by atoms with E-state index >= 15 is 0 Å². The van der Waals surface area contributed by atoms with Crippen LogP contribution >= 0.6 is 0 Å². The van der Waals surface area contributed by atoms with Gasteiger partial charge in [-0.25, -0.2) is 8.42 Å². The summed E-state index contributed by atoms with van der Waals surface area (Å²) in [5.41, 5.74) is 0. The minimum Gasteiger partial charge on any atom is -0.313 e. The molecule has 6 heteroatoms. The van der Waals surface area contributed by atoms with Crippen molar-refractivity contribution in [1.82, 2.24) is 14.5 Å². The van der Waals surface area contributed by atoms with E-state index in [0.29, 0.717) is 19.1 Å². The highest BCUT2D eigenvalue weighted by atomic mass is 32.2. The Bertz CT molecular complexity index is 311. The molecule has 1 saturated heterocycles. The molecule has 1 fully saturated rings. The fourth-order valence-electron chi connectivity index (χ4n) is 2.18. The molecule has 1 unspecified atom stereocenters. The van der Waals surface area contributed by atoms with E-state index < -0.39 is 10.0 Å². The van der Waals surface area contributed by atoms with Gasteiger partial charge in [-0.15, -0.1) is 0 Å². The molecule has 0 spiro atoms. The average molecular weight is 263 g/mol. The predicted molar refractivity (Wildman–Crippen MR) is 70.6 cm³/mol. The lowest BCUT2D eigenvalue weighted by molar-refractivity contribution is 0.171. The van der Waals surface area contributed by atoms with Gasteiger partial charge in [-0.2, -0.15) is 4.31 Å². The van der Waals surface area contributed by atoms with Crippen molar-refractivity contribution in [1.29, 1.82) is 0 Å². The van der Waals surface area contributed by atoms with Gasteiger partial charge in [0.1, 0.15) is 0 Å². The topological polar surface area (TPSA) is 52.6 Å². The second-order valence-electron chi connectivity index (χ2n) is 4.63. The van der Waals surface area contributed by atoms with Crippen LogP contribution in [0.4, 0.5) is 0 Å². The van der Waals surface area contributed by atoms with Gasteiger partial charge in [0.2, 0.25) is 10.0 Å². The quantitative estimate of drug-likeness (QED) is 0.730. The van der Waals surface area contributed by atoms with E-state index in [0.717, 1.165) is 32.6 Å². The van der Waals surface area contributed by atoms with E-state index in [2.05, 4.69) is 24.1 Å². The minimum atomic E-state index is -3.00. The van der Waals surface area contributed by atoms with E-state index in [-0.39, 0.29) is 0 Å². The van der Waals surface area contributed by atoms with Gasteiger partial charge >= 0.3 is 0 Å². The zero-order chi connectivity index (χ0) is 12.9. The maximum atomic E-state index is 11.4. The SMILES string of the molecule is CCNC(CC)CN1CCN(S(C)(=O)=O)CC1. The predicted octanol–water partition coefficient (Wildman–Crippen LogP) is -0.0483. The lowest BCUT2D eigenvalue weighted by atomic mass is 10.2. The Hall–Kier alpha value is -0.170. The fourth-order valence-corrected chi connectivity index (χ4v) is 3.01. The van der Waals surface area contributed by atoms with E-state index in [9.17, 15) is 8.42 Å². The highest BCUT2D eigenvalue weighted by molar-refractivity contribution is 7.88. The van der Waals surface area contributed by atoms with Gasteiger partial charge in [0.25, 0.3) is 0 Å². The first kappa shape index (κ1) is 14.9.